The van der Waals surface area contributed by atoms with Crippen LogP contribution in [0.4, 0.5) is 0 Å². The van der Waals surface area contributed by atoms with Gasteiger partial charge in [0.05, 0.1) is 28.6 Å². The van der Waals surface area contributed by atoms with Gasteiger partial charge in [0, 0.05) is 13.2 Å². The van der Waals surface area contributed by atoms with Crippen LogP contribution >= 0.6 is 15.9 Å². The molecule has 0 aromatic carbocycles. The van der Waals surface area contributed by atoms with Crippen LogP contribution in [0.25, 0.3) is 0 Å². The Morgan fingerprint density at radius 2 is 2.29 bits per heavy atom. The van der Waals surface area contributed by atoms with Crippen molar-refractivity contribution >= 4 is 15.9 Å². The van der Waals surface area contributed by atoms with Gasteiger partial charge in [0.25, 0.3) is 0 Å². The third-order valence-corrected chi connectivity index (χ3v) is 2.43. The zero-order chi connectivity index (χ0) is 10.1. The monoisotopic (exact) mass is 254 g/mol. The van der Waals surface area contributed by atoms with Crippen LogP contribution in [0.3, 0.4) is 0 Å². The number of hydrogen-bond acceptors (Lipinski definition) is 2. The fraction of sp³-hybridized carbons (Fsp3) is 0.333. The molecule has 2 aromatic rings. The van der Waals surface area contributed by atoms with Gasteiger partial charge >= 0.3 is 0 Å². The first-order valence-corrected chi connectivity index (χ1v) is 5.12. The Hall–Kier alpha value is -1.10. The van der Waals surface area contributed by atoms with E-state index < -0.39 is 0 Å². The van der Waals surface area contributed by atoms with Crippen molar-refractivity contribution in [3.8, 4) is 0 Å². The summed E-state index contributed by atoms with van der Waals surface area (Å²) in [5, 5.41) is 8.47. The lowest BCUT2D eigenvalue weighted by Crippen LogP contribution is -2.05. The van der Waals surface area contributed by atoms with Crippen molar-refractivity contribution in [3.63, 3.8) is 0 Å². The van der Waals surface area contributed by atoms with Crippen LogP contribution in [0, 0.1) is 6.92 Å². The molecule has 0 N–H and O–H groups in total. The summed E-state index contributed by atoms with van der Waals surface area (Å²) >= 11 is 3.36. The molecule has 0 fully saturated rings. The first-order chi connectivity index (χ1) is 6.65. The van der Waals surface area contributed by atoms with Gasteiger partial charge in [0.1, 0.15) is 0 Å². The Morgan fingerprint density at radius 3 is 2.79 bits per heavy atom. The van der Waals surface area contributed by atoms with Gasteiger partial charge in [0.15, 0.2) is 0 Å². The maximum Gasteiger partial charge on any atom is 0.0828 e. The molecule has 0 spiro atoms. The summed E-state index contributed by atoms with van der Waals surface area (Å²) in [6, 6.07) is 2.07. The first-order valence-electron chi connectivity index (χ1n) is 4.32. The van der Waals surface area contributed by atoms with E-state index in [1.807, 2.05) is 29.5 Å². The van der Waals surface area contributed by atoms with E-state index in [9.17, 15) is 0 Å². The Balaban J connectivity index is 2.22. The number of nitrogens with zero attached hydrogens (tertiary/aromatic N) is 4. The summed E-state index contributed by atoms with van der Waals surface area (Å²) in [7, 11) is 1.95. The molecule has 2 heterocycles. The quantitative estimate of drug-likeness (QED) is 0.819. The van der Waals surface area contributed by atoms with Crippen LogP contribution in [0.5, 0.6) is 0 Å². The van der Waals surface area contributed by atoms with Crippen molar-refractivity contribution in [2.45, 2.75) is 13.5 Å². The molecular formula is C9H11BrN4. The van der Waals surface area contributed by atoms with Crippen LogP contribution in [0.1, 0.15) is 11.4 Å². The van der Waals surface area contributed by atoms with Gasteiger partial charge in [-0.15, -0.1) is 0 Å². The second kappa shape index (κ2) is 3.57. The van der Waals surface area contributed by atoms with Crippen molar-refractivity contribution in [1.82, 2.24) is 19.6 Å². The van der Waals surface area contributed by atoms with Gasteiger partial charge in [-0.1, -0.05) is 0 Å². The third kappa shape index (κ3) is 1.87. The van der Waals surface area contributed by atoms with Crippen molar-refractivity contribution < 1.29 is 0 Å². The molecule has 74 valence electrons. The molecule has 0 bridgehead atoms. The Morgan fingerprint density at radius 1 is 1.50 bits per heavy atom. The Bertz CT molecular complexity index is 443. The van der Waals surface area contributed by atoms with Crippen molar-refractivity contribution in [1.29, 1.82) is 0 Å². The molecular weight excluding hydrogens is 244 g/mol. The van der Waals surface area contributed by atoms with Gasteiger partial charge in [-0.2, -0.15) is 10.2 Å². The average molecular weight is 255 g/mol. The van der Waals surface area contributed by atoms with Gasteiger partial charge in [-0.3, -0.25) is 9.36 Å². The highest BCUT2D eigenvalue weighted by Gasteiger charge is 2.03. The van der Waals surface area contributed by atoms with Crippen LogP contribution in [0.15, 0.2) is 22.9 Å². The fourth-order valence-electron chi connectivity index (χ4n) is 1.40. The number of aryl methyl sites for hydroxylation is 2. The number of hydrogen-bond donors (Lipinski definition) is 0. The van der Waals surface area contributed by atoms with Crippen molar-refractivity contribution in [3.05, 3.63) is 34.3 Å². The zero-order valence-corrected chi connectivity index (χ0v) is 9.69. The van der Waals surface area contributed by atoms with Gasteiger partial charge in [0.2, 0.25) is 0 Å². The summed E-state index contributed by atoms with van der Waals surface area (Å²) in [6.07, 6.45) is 3.73. The SMILES string of the molecule is Cc1cc(Cn2cc(Br)cn2)n(C)n1. The second-order valence-electron chi connectivity index (χ2n) is 3.26. The molecule has 2 aromatic heterocycles. The van der Waals surface area contributed by atoms with E-state index in [0.29, 0.717) is 0 Å². The van der Waals surface area contributed by atoms with E-state index in [4.69, 9.17) is 0 Å². The third-order valence-electron chi connectivity index (χ3n) is 2.02. The zero-order valence-electron chi connectivity index (χ0n) is 8.11. The van der Waals surface area contributed by atoms with Crippen molar-refractivity contribution in [2.24, 2.45) is 7.05 Å². The second-order valence-corrected chi connectivity index (χ2v) is 4.17. The predicted molar refractivity (Wildman–Crippen MR) is 57.0 cm³/mol. The lowest BCUT2D eigenvalue weighted by atomic mass is 10.4. The smallest absolute Gasteiger partial charge is 0.0828 e. The Labute approximate surface area is 90.7 Å². The molecule has 5 heteroatoms. The summed E-state index contributed by atoms with van der Waals surface area (Å²) in [5.41, 5.74) is 2.19. The van der Waals surface area contributed by atoms with E-state index in [1.54, 1.807) is 6.20 Å². The Kier molecular flexibility index (Phi) is 2.41. The molecule has 0 saturated heterocycles. The molecule has 0 radical (unpaired) electrons. The molecule has 0 amide bonds. The minimum absolute atomic E-state index is 0.753. The van der Waals surface area contributed by atoms with E-state index in [2.05, 4.69) is 32.2 Å². The van der Waals surface area contributed by atoms with Gasteiger partial charge in [-0.05, 0) is 28.9 Å². The maximum atomic E-state index is 4.28. The maximum absolute atomic E-state index is 4.28. The standard InChI is InChI=1S/C9H11BrN4/c1-7-3-9(13(2)12-7)6-14-5-8(10)4-11-14/h3-5H,6H2,1-2H3. The van der Waals surface area contributed by atoms with Crippen LogP contribution in [0.2, 0.25) is 0 Å². The average Bonchev–Trinajstić information content (AvgIpc) is 2.61. The van der Waals surface area contributed by atoms with Crippen LogP contribution in [-0.4, -0.2) is 19.6 Å². The van der Waals surface area contributed by atoms with Crippen LogP contribution in [-0.2, 0) is 13.6 Å². The van der Waals surface area contributed by atoms with Gasteiger partial charge in [-0.25, -0.2) is 0 Å². The molecule has 0 unspecified atom stereocenters. The fourth-order valence-corrected chi connectivity index (χ4v) is 1.73. The van der Waals surface area contributed by atoms with E-state index in [1.165, 1.54) is 0 Å². The molecule has 2 rings (SSSR count). The molecule has 4 nitrogen and oxygen atoms in total. The number of halogens is 1. The summed E-state index contributed by atoms with van der Waals surface area (Å²) in [6.45, 7) is 2.74. The molecule has 14 heavy (non-hydrogen) atoms. The van der Waals surface area contributed by atoms with E-state index >= 15 is 0 Å². The highest BCUT2D eigenvalue weighted by Crippen LogP contribution is 2.09. The van der Waals surface area contributed by atoms with Gasteiger partial charge < -0.3 is 0 Å². The summed E-state index contributed by atoms with van der Waals surface area (Å²) in [4.78, 5) is 0. The van der Waals surface area contributed by atoms with Crippen LogP contribution < -0.4 is 0 Å². The largest absolute Gasteiger partial charge is 0.270 e. The summed E-state index contributed by atoms with van der Waals surface area (Å²) in [5.74, 6) is 0. The molecule has 0 saturated carbocycles. The predicted octanol–water partition coefficient (Wildman–Crippen LogP) is 1.74. The topological polar surface area (TPSA) is 35.6 Å². The number of rotatable bonds is 2. The molecule has 0 aliphatic rings. The first kappa shape index (κ1) is 9.45. The van der Waals surface area contributed by atoms with E-state index in [-0.39, 0.29) is 0 Å². The minimum Gasteiger partial charge on any atom is -0.270 e. The highest BCUT2D eigenvalue weighted by molar-refractivity contribution is 9.10. The van der Waals surface area contributed by atoms with Crippen molar-refractivity contribution in [2.75, 3.05) is 0 Å². The normalized spacial score (nSPS) is 10.8. The molecule has 0 aliphatic carbocycles. The summed E-state index contributed by atoms with van der Waals surface area (Å²) < 4.78 is 4.75. The number of aromatic nitrogens is 4. The lowest BCUT2D eigenvalue weighted by Gasteiger charge is -2.00. The minimum atomic E-state index is 0.753. The highest BCUT2D eigenvalue weighted by atomic mass is 79.9. The molecule has 0 atom stereocenters. The lowest BCUT2D eigenvalue weighted by molar-refractivity contribution is 0.618. The van der Waals surface area contributed by atoms with E-state index in [0.717, 1.165) is 22.4 Å². The molecule has 0 aliphatic heterocycles.